The van der Waals surface area contributed by atoms with Gasteiger partial charge in [-0.15, -0.1) is 0 Å². The number of rotatable bonds is 9. The lowest BCUT2D eigenvalue weighted by atomic mass is 10.0. The number of aryl methyl sites for hydroxylation is 2. The number of halogens is 1. The quantitative estimate of drug-likeness (QED) is 0.761. The lowest BCUT2D eigenvalue weighted by Crippen LogP contribution is -2.32. The first kappa shape index (κ1) is 17.5. The van der Waals surface area contributed by atoms with Crippen LogP contribution in [0.25, 0.3) is 0 Å². The topological polar surface area (TPSA) is 39.1 Å². The number of methoxy groups -OCH3 is 1. The summed E-state index contributed by atoms with van der Waals surface area (Å²) < 4.78 is 7.35. The van der Waals surface area contributed by atoms with Gasteiger partial charge in [0.25, 0.3) is 0 Å². The number of hydrogen-bond acceptors (Lipinski definition) is 3. The summed E-state index contributed by atoms with van der Waals surface area (Å²) in [7, 11) is 1.76. The van der Waals surface area contributed by atoms with Crippen molar-refractivity contribution in [3.05, 3.63) is 16.4 Å². The molecular weight excluding hydrogens is 274 g/mol. The van der Waals surface area contributed by atoms with E-state index in [-0.39, 0.29) is 0 Å². The molecule has 4 nitrogen and oxygen atoms in total. The van der Waals surface area contributed by atoms with Crippen molar-refractivity contribution >= 4 is 11.6 Å². The maximum Gasteiger partial charge on any atom is 0.0847 e. The van der Waals surface area contributed by atoms with Crippen LogP contribution in [0.1, 0.15) is 45.0 Å². The fourth-order valence-corrected chi connectivity index (χ4v) is 2.63. The highest BCUT2D eigenvalue weighted by Gasteiger charge is 2.18. The first-order valence-corrected chi connectivity index (χ1v) is 7.89. The number of aromatic nitrogens is 2. The molecule has 2 atom stereocenters. The minimum atomic E-state index is 0.296. The highest BCUT2D eigenvalue weighted by Crippen LogP contribution is 2.22. The predicted molar refractivity (Wildman–Crippen MR) is 84.5 cm³/mol. The van der Waals surface area contributed by atoms with Crippen LogP contribution in [0, 0.1) is 6.92 Å². The maximum absolute atomic E-state index is 6.39. The fourth-order valence-electron chi connectivity index (χ4n) is 2.42. The third kappa shape index (κ3) is 4.76. The summed E-state index contributed by atoms with van der Waals surface area (Å²) in [5.41, 5.74) is 2.06. The second-order valence-electron chi connectivity index (χ2n) is 5.24. The molecule has 20 heavy (non-hydrogen) atoms. The molecule has 0 aliphatic carbocycles. The minimum Gasteiger partial charge on any atom is -0.382 e. The van der Waals surface area contributed by atoms with E-state index in [1.54, 1.807) is 7.11 Å². The second kappa shape index (κ2) is 8.65. The van der Waals surface area contributed by atoms with Gasteiger partial charge < -0.3 is 10.1 Å². The number of likely N-dealkylation sites (N-methyl/N-ethyl adjacent to an activating group) is 1. The Hall–Kier alpha value is -0.580. The first-order valence-electron chi connectivity index (χ1n) is 7.51. The van der Waals surface area contributed by atoms with Crippen LogP contribution >= 0.6 is 11.6 Å². The van der Waals surface area contributed by atoms with E-state index in [0.717, 1.165) is 48.8 Å². The van der Waals surface area contributed by atoms with Crippen LogP contribution in [0.4, 0.5) is 0 Å². The fraction of sp³-hybridized carbons (Fsp3) is 0.800. The van der Waals surface area contributed by atoms with Crippen LogP contribution < -0.4 is 5.32 Å². The van der Waals surface area contributed by atoms with E-state index in [4.69, 9.17) is 16.3 Å². The standard InChI is InChI=1S/C15H28ClN3O/c1-6-17-13(9-8-11(3)20-5)10-14-15(16)12(4)18-19(14)7-2/h11,13,17H,6-10H2,1-5H3. The molecule has 0 radical (unpaired) electrons. The van der Waals surface area contributed by atoms with Gasteiger partial charge in [0.15, 0.2) is 0 Å². The van der Waals surface area contributed by atoms with Gasteiger partial charge in [-0.1, -0.05) is 18.5 Å². The lowest BCUT2D eigenvalue weighted by Gasteiger charge is -2.20. The van der Waals surface area contributed by atoms with Gasteiger partial charge in [-0.2, -0.15) is 5.10 Å². The molecule has 1 rings (SSSR count). The molecule has 0 saturated heterocycles. The Balaban J connectivity index is 2.74. The molecule has 1 aromatic heterocycles. The molecule has 0 fully saturated rings. The van der Waals surface area contributed by atoms with Crippen LogP contribution in [-0.2, 0) is 17.7 Å². The van der Waals surface area contributed by atoms with Gasteiger partial charge in [0, 0.05) is 26.1 Å². The van der Waals surface area contributed by atoms with E-state index >= 15 is 0 Å². The van der Waals surface area contributed by atoms with Crippen molar-refractivity contribution in [3.8, 4) is 0 Å². The van der Waals surface area contributed by atoms with E-state index in [1.807, 2.05) is 11.6 Å². The lowest BCUT2D eigenvalue weighted by molar-refractivity contribution is 0.106. The SMILES string of the molecule is CCNC(CCC(C)OC)Cc1c(Cl)c(C)nn1CC. The molecule has 0 bridgehead atoms. The summed E-state index contributed by atoms with van der Waals surface area (Å²) in [5.74, 6) is 0. The summed E-state index contributed by atoms with van der Waals surface area (Å²) in [6.45, 7) is 10.1. The Morgan fingerprint density at radius 2 is 2.05 bits per heavy atom. The number of nitrogens with one attached hydrogen (secondary N) is 1. The van der Waals surface area contributed by atoms with Crippen molar-refractivity contribution in [2.45, 2.75) is 65.6 Å². The highest BCUT2D eigenvalue weighted by atomic mass is 35.5. The zero-order chi connectivity index (χ0) is 15.1. The largest absolute Gasteiger partial charge is 0.382 e. The maximum atomic E-state index is 6.39. The first-order chi connectivity index (χ1) is 9.53. The smallest absolute Gasteiger partial charge is 0.0847 e. The van der Waals surface area contributed by atoms with Gasteiger partial charge in [-0.05, 0) is 40.2 Å². The number of nitrogens with zero attached hydrogens (tertiary/aromatic N) is 2. The van der Waals surface area contributed by atoms with Crippen LogP contribution in [0.2, 0.25) is 5.02 Å². The molecule has 0 saturated carbocycles. The molecule has 1 N–H and O–H groups in total. The van der Waals surface area contributed by atoms with Crippen molar-refractivity contribution in [2.24, 2.45) is 0 Å². The van der Waals surface area contributed by atoms with Gasteiger partial charge >= 0.3 is 0 Å². The van der Waals surface area contributed by atoms with Crippen molar-refractivity contribution in [3.63, 3.8) is 0 Å². The van der Waals surface area contributed by atoms with Crippen LogP contribution in [0.3, 0.4) is 0 Å². The molecule has 0 aromatic carbocycles. The van der Waals surface area contributed by atoms with Crippen molar-refractivity contribution in [2.75, 3.05) is 13.7 Å². The van der Waals surface area contributed by atoms with E-state index < -0.39 is 0 Å². The molecular formula is C15H28ClN3O. The average molecular weight is 302 g/mol. The monoisotopic (exact) mass is 301 g/mol. The van der Waals surface area contributed by atoms with Crippen molar-refractivity contribution in [1.82, 2.24) is 15.1 Å². The Labute approximate surface area is 127 Å². The summed E-state index contributed by atoms with van der Waals surface area (Å²) >= 11 is 6.39. The van der Waals surface area contributed by atoms with Crippen molar-refractivity contribution in [1.29, 1.82) is 0 Å². The van der Waals surface area contributed by atoms with Gasteiger partial charge in [-0.3, -0.25) is 4.68 Å². The number of hydrogen-bond donors (Lipinski definition) is 1. The molecule has 0 aliphatic heterocycles. The highest BCUT2D eigenvalue weighted by molar-refractivity contribution is 6.31. The van der Waals surface area contributed by atoms with Crippen LogP contribution in [0.5, 0.6) is 0 Å². The third-order valence-electron chi connectivity index (χ3n) is 3.71. The molecule has 1 heterocycles. The molecule has 1 aromatic rings. The van der Waals surface area contributed by atoms with Crippen LogP contribution in [0.15, 0.2) is 0 Å². The Bertz CT molecular complexity index is 406. The van der Waals surface area contributed by atoms with E-state index in [1.165, 1.54) is 0 Å². The third-order valence-corrected chi connectivity index (χ3v) is 4.20. The van der Waals surface area contributed by atoms with Gasteiger partial charge in [0.2, 0.25) is 0 Å². The summed E-state index contributed by atoms with van der Waals surface area (Å²) in [6, 6.07) is 0.413. The normalized spacial score (nSPS) is 14.5. The van der Waals surface area contributed by atoms with E-state index in [0.29, 0.717) is 12.1 Å². The van der Waals surface area contributed by atoms with E-state index in [2.05, 4.69) is 31.2 Å². The summed E-state index contributed by atoms with van der Waals surface area (Å²) in [5, 5.41) is 8.84. The second-order valence-corrected chi connectivity index (χ2v) is 5.62. The van der Waals surface area contributed by atoms with Gasteiger partial charge in [-0.25, -0.2) is 0 Å². The van der Waals surface area contributed by atoms with Gasteiger partial charge in [0.1, 0.15) is 0 Å². The predicted octanol–water partition coefficient (Wildman–Crippen LogP) is 3.20. The van der Waals surface area contributed by atoms with E-state index in [9.17, 15) is 0 Å². The number of ether oxygens (including phenoxy) is 1. The minimum absolute atomic E-state index is 0.296. The molecule has 116 valence electrons. The summed E-state index contributed by atoms with van der Waals surface area (Å²) in [6.07, 6.45) is 3.33. The Morgan fingerprint density at radius 3 is 2.60 bits per heavy atom. The molecule has 0 spiro atoms. The Morgan fingerprint density at radius 1 is 1.35 bits per heavy atom. The zero-order valence-corrected chi connectivity index (χ0v) is 14.1. The van der Waals surface area contributed by atoms with Crippen molar-refractivity contribution < 1.29 is 4.74 Å². The molecule has 2 unspecified atom stereocenters. The summed E-state index contributed by atoms with van der Waals surface area (Å²) in [4.78, 5) is 0. The van der Waals surface area contributed by atoms with Crippen LogP contribution in [-0.4, -0.2) is 35.6 Å². The molecule has 0 aliphatic rings. The molecule has 0 amide bonds. The van der Waals surface area contributed by atoms with Gasteiger partial charge in [0.05, 0.1) is 22.5 Å². The molecule has 5 heteroatoms. The zero-order valence-electron chi connectivity index (χ0n) is 13.4. The Kier molecular flexibility index (Phi) is 7.56. The average Bonchev–Trinajstić information content (AvgIpc) is 2.72.